The summed E-state index contributed by atoms with van der Waals surface area (Å²) in [5.41, 5.74) is 0. The summed E-state index contributed by atoms with van der Waals surface area (Å²) in [5, 5.41) is 3.01. The maximum Gasteiger partial charge on any atom is 0.250 e. The van der Waals surface area contributed by atoms with Gasteiger partial charge in [-0.05, 0) is 31.4 Å². The Balaban J connectivity index is 2.07. The van der Waals surface area contributed by atoms with Crippen LogP contribution >= 0.6 is 23.1 Å². The fourth-order valence-corrected chi connectivity index (χ4v) is 5.59. The highest BCUT2D eigenvalue weighted by Crippen LogP contribution is 2.24. The topological polar surface area (TPSA) is 58.2 Å². The second-order valence-corrected chi connectivity index (χ2v) is 8.19. The third kappa shape index (κ3) is 3.45. The molecule has 1 aliphatic rings. The highest BCUT2D eigenvalue weighted by Gasteiger charge is 2.24. The van der Waals surface area contributed by atoms with Gasteiger partial charge in [0, 0.05) is 23.2 Å². The molecule has 0 spiro atoms. The van der Waals surface area contributed by atoms with Crippen molar-refractivity contribution in [1.29, 1.82) is 0 Å². The van der Waals surface area contributed by atoms with Crippen LogP contribution in [0.25, 0.3) is 0 Å². The second-order valence-electron chi connectivity index (χ2n) is 3.93. The highest BCUT2D eigenvalue weighted by atomic mass is 32.2. The van der Waals surface area contributed by atoms with E-state index in [0.29, 0.717) is 10.8 Å². The molecule has 2 rings (SSSR count). The monoisotopic (exact) mass is 292 g/mol. The van der Waals surface area contributed by atoms with Crippen molar-refractivity contribution in [2.45, 2.75) is 23.2 Å². The minimum atomic E-state index is -3.31. The Hall–Kier alpha value is -0.0800. The van der Waals surface area contributed by atoms with Crippen LogP contribution in [0.5, 0.6) is 0 Å². The van der Waals surface area contributed by atoms with Gasteiger partial charge >= 0.3 is 0 Å². The first-order valence-corrected chi connectivity index (χ1v) is 8.90. The molecule has 0 bridgehead atoms. The standard InChI is InChI=1S/C10H16N2O2S3/c1-11-6-9-2-3-10(16-9)17(13,14)12-8-4-5-15-7-8/h2-3,8,11-12H,4-7H2,1H3. The summed E-state index contributed by atoms with van der Waals surface area (Å²) in [6.45, 7) is 0.708. The van der Waals surface area contributed by atoms with Crippen molar-refractivity contribution in [3.8, 4) is 0 Å². The lowest BCUT2D eigenvalue weighted by Gasteiger charge is -2.10. The van der Waals surface area contributed by atoms with E-state index in [9.17, 15) is 8.42 Å². The zero-order chi connectivity index (χ0) is 12.3. The summed E-state index contributed by atoms with van der Waals surface area (Å²) in [7, 11) is -1.46. The average Bonchev–Trinajstić information content (AvgIpc) is 2.88. The molecule has 0 amide bonds. The average molecular weight is 292 g/mol. The molecule has 0 aromatic carbocycles. The van der Waals surface area contributed by atoms with Gasteiger partial charge in [0.1, 0.15) is 4.21 Å². The van der Waals surface area contributed by atoms with Crippen LogP contribution in [-0.2, 0) is 16.6 Å². The predicted octanol–water partition coefficient (Wildman–Crippen LogP) is 1.25. The maximum absolute atomic E-state index is 12.1. The minimum absolute atomic E-state index is 0.0971. The fraction of sp³-hybridized carbons (Fsp3) is 0.600. The molecule has 0 saturated carbocycles. The zero-order valence-corrected chi connectivity index (χ0v) is 12.1. The van der Waals surface area contributed by atoms with Gasteiger partial charge in [0.15, 0.2) is 0 Å². The third-order valence-corrected chi connectivity index (χ3v) is 6.76. The van der Waals surface area contributed by atoms with E-state index in [0.717, 1.165) is 22.8 Å². The van der Waals surface area contributed by atoms with Crippen LogP contribution in [0, 0.1) is 0 Å². The molecule has 1 aliphatic heterocycles. The lowest BCUT2D eigenvalue weighted by Crippen LogP contribution is -2.34. The van der Waals surface area contributed by atoms with Crippen LogP contribution < -0.4 is 10.0 Å². The van der Waals surface area contributed by atoms with E-state index in [-0.39, 0.29) is 6.04 Å². The third-order valence-electron chi connectivity index (χ3n) is 2.50. The molecule has 2 heterocycles. The van der Waals surface area contributed by atoms with Crippen molar-refractivity contribution >= 4 is 33.1 Å². The summed E-state index contributed by atoms with van der Waals surface area (Å²) in [6, 6.07) is 3.64. The Morgan fingerprint density at radius 3 is 2.94 bits per heavy atom. The van der Waals surface area contributed by atoms with Crippen molar-refractivity contribution in [3.05, 3.63) is 17.0 Å². The molecular weight excluding hydrogens is 276 g/mol. The van der Waals surface area contributed by atoms with Crippen LogP contribution in [0.15, 0.2) is 16.3 Å². The number of rotatable bonds is 5. The lowest BCUT2D eigenvalue weighted by molar-refractivity contribution is 0.565. The molecule has 0 radical (unpaired) electrons. The van der Waals surface area contributed by atoms with Gasteiger partial charge in [-0.2, -0.15) is 11.8 Å². The molecule has 1 saturated heterocycles. The molecule has 17 heavy (non-hydrogen) atoms. The lowest BCUT2D eigenvalue weighted by atomic mass is 10.3. The molecule has 96 valence electrons. The van der Waals surface area contributed by atoms with Gasteiger partial charge in [-0.15, -0.1) is 11.3 Å². The summed E-state index contributed by atoms with van der Waals surface area (Å²) in [6.07, 6.45) is 0.929. The van der Waals surface area contributed by atoms with Crippen LogP contribution in [0.3, 0.4) is 0 Å². The SMILES string of the molecule is CNCc1ccc(S(=O)(=O)NC2CCSC2)s1. The molecule has 2 N–H and O–H groups in total. The van der Waals surface area contributed by atoms with Crippen molar-refractivity contribution in [2.24, 2.45) is 0 Å². The van der Waals surface area contributed by atoms with Gasteiger partial charge in [0.2, 0.25) is 10.0 Å². The van der Waals surface area contributed by atoms with E-state index < -0.39 is 10.0 Å². The smallest absolute Gasteiger partial charge is 0.250 e. The Bertz CT molecular complexity index is 464. The van der Waals surface area contributed by atoms with Gasteiger partial charge in [-0.25, -0.2) is 13.1 Å². The number of sulfonamides is 1. The molecule has 1 fully saturated rings. The number of hydrogen-bond acceptors (Lipinski definition) is 5. The van der Waals surface area contributed by atoms with Gasteiger partial charge in [-0.3, -0.25) is 0 Å². The number of hydrogen-bond donors (Lipinski definition) is 2. The molecule has 4 nitrogen and oxygen atoms in total. The Morgan fingerprint density at radius 2 is 2.29 bits per heavy atom. The first-order chi connectivity index (χ1) is 8.12. The van der Waals surface area contributed by atoms with E-state index >= 15 is 0 Å². The number of thiophene rings is 1. The molecule has 1 unspecified atom stereocenters. The van der Waals surface area contributed by atoms with Crippen LogP contribution in [0.4, 0.5) is 0 Å². The highest BCUT2D eigenvalue weighted by molar-refractivity contribution is 7.99. The molecule has 1 aromatic heterocycles. The Morgan fingerprint density at radius 1 is 1.47 bits per heavy atom. The Kier molecular flexibility index (Phi) is 4.48. The Labute approximate surface area is 110 Å². The first-order valence-electron chi connectivity index (χ1n) is 5.45. The summed E-state index contributed by atoms with van der Waals surface area (Å²) >= 11 is 3.13. The molecule has 1 aromatic rings. The fourth-order valence-electron chi connectivity index (χ4n) is 1.68. The molecular formula is C10H16N2O2S3. The van der Waals surface area contributed by atoms with E-state index in [4.69, 9.17) is 0 Å². The van der Waals surface area contributed by atoms with Crippen molar-refractivity contribution in [3.63, 3.8) is 0 Å². The van der Waals surface area contributed by atoms with Crippen LogP contribution in [0.1, 0.15) is 11.3 Å². The summed E-state index contributed by atoms with van der Waals surface area (Å²) in [5.74, 6) is 1.93. The summed E-state index contributed by atoms with van der Waals surface area (Å²) < 4.78 is 27.3. The quantitative estimate of drug-likeness (QED) is 0.857. The van der Waals surface area contributed by atoms with Gasteiger partial charge in [-0.1, -0.05) is 0 Å². The van der Waals surface area contributed by atoms with Gasteiger partial charge < -0.3 is 5.32 Å². The van der Waals surface area contributed by atoms with E-state index in [2.05, 4.69) is 10.0 Å². The molecule has 0 aliphatic carbocycles. The number of thioether (sulfide) groups is 1. The summed E-state index contributed by atoms with van der Waals surface area (Å²) in [4.78, 5) is 1.04. The largest absolute Gasteiger partial charge is 0.315 e. The van der Waals surface area contributed by atoms with Crippen molar-refractivity contribution < 1.29 is 8.42 Å². The van der Waals surface area contributed by atoms with E-state index in [1.807, 2.05) is 13.1 Å². The maximum atomic E-state index is 12.1. The minimum Gasteiger partial charge on any atom is -0.315 e. The molecule has 1 atom stereocenters. The van der Waals surface area contributed by atoms with Crippen LogP contribution in [-0.4, -0.2) is 33.0 Å². The predicted molar refractivity (Wildman–Crippen MR) is 73.1 cm³/mol. The zero-order valence-electron chi connectivity index (χ0n) is 9.60. The first kappa shape index (κ1) is 13.4. The second kappa shape index (κ2) is 5.71. The van der Waals surface area contributed by atoms with Gasteiger partial charge in [0.25, 0.3) is 0 Å². The number of nitrogens with one attached hydrogen (secondary N) is 2. The van der Waals surface area contributed by atoms with Gasteiger partial charge in [0.05, 0.1) is 0 Å². The van der Waals surface area contributed by atoms with E-state index in [1.54, 1.807) is 17.8 Å². The van der Waals surface area contributed by atoms with Crippen molar-refractivity contribution in [1.82, 2.24) is 10.0 Å². The van der Waals surface area contributed by atoms with Crippen LogP contribution in [0.2, 0.25) is 0 Å². The van der Waals surface area contributed by atoms with E-state index in [1.165, 1.54) is 11.3 Å². The van der Waals surface area contributed by atoms with Crippen molar-refractivity contribution in [2.75, 3.05) is 18.6 Å². The molecule has 7 heteroatoms. The normalized spacial score (nSPS) is 20.9.